The predicted molar refractivity (Wildman–Crippen MR) is 127 cm³/mol. The molecular formula is C25H42O3Si. The van der Waals surface area contributed by atoms with Gasteiger partial charge in [-0.3, -0.25) is 0 Å². The Bertz CT molecular complexity index is 588. The standard InChI is InChI=1S/C25H42O3Si/c1-23(27-22-26-21-24-18-14-12-15-19-24)17-13-10-8-7-9-11-16-20-28-29(5,6)25(2,3)4/h9-15,18-19,23H,7-8,16-17,20-22H2,1-6H3/b11-9+,13-10+/t23-/m1/s1. The molecule has 1 aromatic rings. The second kappa shape index (κ2) is 13.9. The van der Waals surface area contributed by atoms with Gasteiger partial charge in [0.25, 0.3) is 0 Å². The summed E-state index contributed by atoms with van der Waals surface area (Å²) in [5.41, 5.74) is 1.17. The van der Waals surface area contributed by atoms with Crippen LogP contribution in [0.4, 0.5) is 0 Å². The van der Waals surface area contributed by atoms with Crippen molar-refractivity contribution in [2.24, 2.45) is 0 Å². The SMILES string of the molecule is C[C@H](C/C=C/CC/C=C/CCO[Si](C)(C)C(C)(C)C)OCOCc1ccccc1. The summed E-state index contributed by atoms with van der Waals surface area (Å²) < 4.78 is 17.4. The zero-order valence-corrected chi connectivity index (χ0v) is 20.4. The van der Waals surface area contributed by atoms with E-state index < -0.39 is 8.32 Å². The number of hydrogen-bond acceptors (Lipinski definition) is 3. The largest absolute Gasteiger partial charge is 0.417 e. The summed E-state index contributed by atoms with van der Waals surface area (Å²) in [7, 11) is -1.60. The summed E-state index contributed by atoms with van der Waals surface area (Å²) >= 11 is 0. The molecule has 0 aliphatic rings. The van der Waals surface area contributed by atoms with Crippen LogP contribution in [0.5, 0.6) is 0 Å². The van der Waals surface area contributed by atoms with Gasteiger partial charge in [-0.25, -0.2) is 0 Å². The molecule has 0 saturated carbocycles. The van der Waals surface area contributed by atoms with Gasteiger partial charge in [0.15, 0.2) is 8.32 Å². The maximum Gasteiger partial charge on any atom is 0.191 e. The van der Waals surface area contributed by atoms with Gasteiger partial charge in [-0.1, -0.05) is 75.4 Å². The molecule has 0 aromatic heterocycles. The number of unbranched alkanes of at least 4 members (excludes halogenated alkanes) is 1. The Morgan fingerprint density at radius 2 is 1.55 bits per heavy atom. The molecule has 0 heterocycles. The van der Waals surface area contributed by atoms with E-state index >= 15 is 0 Å². The van der Waals surface area contributed by atoms with Crippen LogP contribution in [0.25, 0.3) is 0 Å². The maximum atomic E-state index is 6.18. The minimum absolute atomic E-state index is 0.171. The van der Waals surface area contributed by atoms with Crippen molar-refractivity contribution in [2.75, 3.05) is 13.4 Å². The van der Waals surface area contributed by atoms with E-state index in [-0.39, 0.29) is 11.1 Å². The lowest BCUT2D eigenvalue weighted by Gasteiger charge is -2.36. The van der Waals surface area contributed by atoms with Crippen LogP contribution in [-0.2, 0) is 20.5 Å². The first-order valence-electron chi connectivity index (χ1n) is 10.9. The highest BCUT2D eigenvalue weighted by Crippen LogP contribution is 2.36. The van der Waals surface area contributed by atoms with Crippen molar-refractivity contribution < 1.29 is 13.9 Å². The first-order valence-corrected chi connectivity index (χ1v) is 13.8. The third kappa shape index (κ3) is 12.2. The van der Waals surface area contributed by atoms with Crippen molar-refractivity contribution in [2.45, 2.75) is 84.2 Å². The third-order valence-electron chi connectivity index (χ3n) is 5.40. The molecule has 0 saturated heterocycles. The van der Waals surface area contributed by atoms with Gasteiger partial charge in [-0.2, -0.15) is 0 Å². The molecule has 0 radical (unpaired) electrons. The highest BCUT2D eigenvalue weighted by atomic mass is 28.4. The molecule has 164 valence electrons. The lowest BCUT2D eigenvalue weighted by atomic mass is 10.2. The fraction of sp³-hybridized carbons (Fsp3) is 0.600. The fourth-order valence-corrected chi connectivity index (χ4v) is 3.46. The van der Waals surface area contributed by atoms with Crippen molar-refractivity contribution in [3.8, 4) is 0 Å². The number of ether oxygens (including phenoxy) is 2. The molecule has 0 bridgehead atoms. The van der Waals surface area contributed by atoms with Gasteiger partial charge in [-0.05, 0) is 56.3 Å². The molecule has 0 fully saturated rings. The van der Waals surface area contributed by atoms with E-state index in [2.05, 4.69) is 77.2 Å². The second-order valence-electron chi connectivity index (χ2n) is 9.08. The number of allylic oxidation sites excluding steroid dienone is 2. The topological polar surface area (TPSA) is 27.7 Å². The number of rotatable bonds is 14. The summed E-state index contributed by atoms with van der Waals surface area (Å²) in [5, 5.41) is 0.288. The first kappa shape index (κ1) is 25.8. The average Bonchev–Trinajstić information content (AvgIpc) is 2.66. The van der Waals surface area contributed by atoms with Crippen LogP contribution in [-0.4, -0.2) is 27.8 Å². The molecule has 4 heteroatoms. The van der Waals surface area contributed by atoms with Crippen LogP contribution in [0.3, 0.4) is 0 Å². The molecule has 0 unspecified atom stereocenters. The van der Waals surface area contributed by atoms with E-state index in [1.807, 2.05) is 18.2 Å². The molecule has 1 atom stereocenters. The minimum atomic E-state index is -1.60. The number of benzene rings is 1. The summed E-state index contributed by atoms with van der Waals surface area (Å²) in [4.78, 5) is 0. The summed E-state index contributed by atoms with van der Waals surface area (Å²) in [5.74, 6) is 0. The highest BCUT2D eigenvalue weighted by Gasteiger charge is 2.36. The van der Waals surface area contributed by atoms with Gasteiger partial charge in [0.2, 0.25) is 0 Å². The van der Waals surface area contributed by atoms with Gasteiger partial charge in [0.05, 0.1) is 12.7 Å². The smallest absolute Gasteiger partial charge is 0.191 e. The van der Waals surface area contributed by atoms with Crippen LogP contribution >= 0.6 is 0 Å². The van der Waals surface area contributed by atoms with E-state index in [1.165, 1.54) is 5.56 Å². The van der Waals surface area contributed by atoms with Gasteiger partial charge >= 0.3 is 0 Å². The molecule has 0 amide bonds. The van der Waals surface area contributed by atoms with Crippen LogP contribution in [0.15, 0.2) is 54.6 Å². The van der Waals surface area contributed by atoms with Crippen LogP contribution in [0.1, 0.15) is 58.9 Å². The van der Waals surface area contributed by atoms with E-state index in [0.29, 0.717) is 13.4 Å². The summed E-state index contributed by atoms with van der Waals surface area (Å²) in [6.45, 7) is 15.3. The average molecular weight is 419 g/mol. The molecule has 0 aliphatic carbocycles. The van der Waals surface area contributed by atoms with Gasteiger partial charge < -0.3 is 13.9 Å². The molecule has 0 N–H and O–H groups in total. The lowest BCUT2D eigenvalue weighted by molar-refractivity contribution is -0.0893. The normalized spacial score (nSPS) is 14.1. The van der Waals surface area contributed by atoms with Crippen LogP contribution < -0.4 is 0 Å². The second-order valence-corrected chi connectivity index (χ2v) is 13.9. The Hall–Kier alpha value is -1.20. The first-order chi connectivity index (χ1) is 13.7. The molecule has 1 aromatic carbocycles. The van der Waals surface area contributed by atoms with Crippen molar-refractivity contribution in [1.29, 1.82) is 0 Å². The van der Waals surface area contributed by atoms with E-state index in [1.54, 1.807) is 0 Å². The molecule has 0 spiro atoms. The van der Waals surface area contributed by atoms with Crippen molar-refractivity contribution >= 4 is 8.32 Å². The van der Waals surface area contributed by atoms with Gasteiger partial charge in [-0.15, -0.1) is 0 Å². The lowest BCUT2D eigenvalue weighted by Crippen LogP contribution is -2.40. The Labute approximate surface area is 180 Å². The molecule has 3 nitrogen and oxygen atoms in total. The Morgan fingerprint density at radius 3 is 2.21 bits per heavy atom. The van der Waals surface area contributed by atoms with E-state index in [0.717, 1.165) is 32.3 Å². The zero-order valence-electron chi connectivity index (χ0n) is 19.4. The molecule has 29 heavy (non-hydrogen) atoms. The molecule has 0 aliphatic heterocycles. The molecular weight excluding hydrogens is 376 g/mol. The maximum absolute atomic E-state index is 6.18. The zero-order chi connectivity index (χ0) is 21.6. The minimum Gasteiger partial charge on any atom is -0.417 e. The van der Waals surface area contributed by atoms with Gasteiger partial charge in [0, 0.05) is 6.61 Å². The van der Waals surface area contributed by atoms with Crippen LogP contribution in [0.2, 0.25) is 18.1 Å². The van der Waals surface area contributed by atoms with E-state index in [9.17, 15) is 0 Å². The third-order valence-corrected chi connectivity index (χ3v) is 9.94. The quantitative estimate of drug-likeness (QED) is 0.138. The molecule has 1 rings (SSSR count). The van der Waals surface area contributed by atoms with E-state index in [4.69, 9.17) is 13.9 Å². The highest BCUT2D eigenvalue weighted by molar-refractivity contribution is 6.74. The monoisotopic (exact) mass is 418 g/mol. The fourth-order valence-electron chi connectivity index (χ4n) is 2.40. The summed E-state index contributed by atoms with van der Waals surface area (Å²) in [6, 6.07) is 10.2. The Balaban J connectivity index is 2.00. The van der Waals surface area contributed by atoms with Gasteiger partial charge in [0.1, 0.15) is 6.79 Å². The van der Waals surface area contributed by atoms with Crippen molar-refractivity contribution in [3.05, 3.63) is 60.2 Å². The Morgan fingerprint density at radius 1 is 0.931 bits per heavy atom. The Kier molecular flexibility index (Phi) is 12.4. The summed E-state index contributed by atoms with van der Waals surface area (Å²) in [6.07, 6.45) is 13.2. The number of hydrogen-bond donors (Lipinski definition) is 0. The predicted octanol–water partition coefficient (Wildman–Crippen LogP) is 7.26. The van der Waals surface area contributed by atoms with Crippen molar-refractivity contribution in [1.82, 2.24) is 0 Å². The van der Waals surface area contributed by atoms with Crippen molar-refractivity contribution in [3.63, 3.8) is 0 Å². The van der Waals surface area contributed by atoms with Crippen LogP contribution in [0, 0.1) is 0 Å².